The van der Waals surface area contributed by atoms with E-state index in [1.54, 1.807) is 30.3 Å². The molecular weight excluding hydrogens is 367 g/mol. The first-order valence-corrected chi connectivity index (χ1v) is 6.94. The lowest BCUT2D eigenvalue weighted by molar-refractivity contribution is 0.0950. The number of phenols is 1. The Kier molecular flexibility index (Phi) is 4.58. The van der Waals surface area contributed by atoms with E-state index >= 15 is 0 Å². The van der Waals surface area contributed by atoms with Crippen molar-refractivity contribution in [2.45, 2.75) is 6.54 Å². The highest BCUT2D eigenvalue weighted by Gasteiger charge is 2.08. The number of halogens is 1. The molecule has 0 saturated heterocycles. The van der Waals surface area contributed by atoms with Crippen LogP contribution < -0.4 is 5.32 Å². The fraction of sp³-hybridized carbons (Fsp3) is 0.0667. The van der Waals surface area contributed by atoms with Crippen LogP contribution in [0.1, 0.15) is 21.5 Å². The number of carbonyl (C=O) groups is 1. The van der Waals surface area contributed by atoms with Gasteiger partial charge in [-0.1, -0.05) is 12.1 Å². The first kappa shape index (κ1) is 14.3. The summed E-state index contributed by atoms with van der Waals surface area (Å²) in [6.45, 7) is 0.334. The third-order valence-corrected chi connectivity index (χ3v) is 3.63. The Morgan fingerprint density at radius 1 is 1.30 bits per heavy atom. The normalized spacial score (nSPS) is 9.80. The fourth-order valence-electron chi connectivity index (χ4n) is 1.69. The molecule has 0 radical (unpaired) electrons. The van der Waals surface area contributed by atoms with Crippen molar-refractivity contribution >= 4 is 28.5 Å². The number of hydrogen-bond donors (Lipinski definition) is 2. The van der Waals surface area contributed by atoms with Gasteiger partial charge in [-0.3, -0.25) is 4.79 Å². The molecule has 0 atom stereocenters. The third kappa shape index (κ3) is 3.48. The molecule has 20 heavy (non-hydrogen) atoms. The van der Waals surface area contributed by atoms with Crippen molar-refractivity contribution in [3.8, 4) is 11.8 Å². The molecule has 0 aromatic heterocycles. The summed E-state index contributed by atoms with van der Waals surface area (Å²) in [5.41, 5.74) is 1.81. The maximum atomic E-state index is 11.9. The van der Waals surface area contributed by atoms with Gasteiger partial charge in [-0.05, 0) is 58.5 Å². The molecule has 2 aromatic carbocycles. The number of amides is 1. The van der Waals surface area contributed by atoms with Crippen LogP contribution in [0.3, 0.4) is 0 Å². The fourth-order valence-corrected chi connectivity index (χ4v) is 2.02. The van der Waals surface area contributed by atoms with Gasteiger partial charge in [0.2, 0.25) is 0 Å². The van der Waals surface area contributed by atoms with E-state index in [-0.39, 0.29) is 11.7 Å². The van der Waals surface area contributed by atoms with Gasteiger partial charge in [-0.2, -0.15) is 5.26 Å². The van der Waals surface area contributed by atoms with Gasteiger partial charge in [0.15, 0.2) is 0 Å². The quantitative estimate of drug-likeness (QED) is 0.807. The molecule has 0 aliphatic carbocycles. The minimum Gasteiger partial charge on any atom is -0.507 e. The SMILES string of the molecule is N#Cc1cccc(CNC(=O)c2ccc(I)c(O)c2)c1. The monoisotopic (exact) mass is 378 g/mol. The van der Waals surface area contributed by atoms with Crippen molar-refractivity contribution in [3.63, 3.8) is 0 Å². The van der Waals surface area contributed by atoms with Gasteiger partial charge in [0.1, 0.15) is 5.75 Å². The van der Waals surface area contributed by atoms with Crippen LogP contribution in [0.15, 0.2) is 42.5 Å². The molecule has 0 bridgehead atoms. The second-order valence-electron chi connectivity index (χ2n) is 4.16. The number of nitrogens with zero attached hydrogens (tertiary/aromatic N) is 1. The summed E-state index contributed by atoms with van der Waals surface area (Å²) in [4.78, 5) is 11.9. The van der Waals surface area contributed by atoms with E-state index < -0.39 is 0 Å². The summed E-state index contributed by atoms with van der Waals surface area (Å²) in [6.07, 6.45) is 0. The van der Waals surface area contributed by atoms with Gasteiger partial charge in [0.05, 0.1) is 15.2 Å². The number of phenolic OH excluding ortho intramolecular Hbond substituents is 1. The zero-order valence-electron chi connectivity index (χ0n) is 10.4. The lowest BCUT2D eigenvalue weighted by atomic mass is 10.1. The molecule has 0 aliphatic heterocycles. The molecule has 5 heteroatoms. The summed E-state index contributed by atoms with van der Waals surface area (Å²) in [5, 5.41) is 21.1. The number of carbonyl (C=O) groups excluding carboxylic acids is 1. The predicted molar refractivity (Wildman–Crippen MR) is 83.2 cm³/mol. The zero-order valence-corrected chi connectivity index (χ0v) is 12.6. The Balaban J connectivity index is 2.05. The standard InChI is InChI=1S/C15H11IN2O2/c16-13-5-4-12(7-14(13)19)15(20)18-9-11-3-1-2-10(6-11)8-17/h1-7,19H,9H2,(H,18,20). The average molecular weight is 378 g/mol. The van der Waals surface area contributed by atoms with E-state index in [2.05, 4.69) is 11.4 Å². The first-order valence-electron chi connectivity index (χ1n) is 5.86. The van der Waals surface area contributed by atoms with Gasteiger partial charge in [-0.25, -0.2) is 0 Å². The number of hydrogen-bond acceptors (Lipinski definition) is 3. The summed E-state index contributed by atoms with van der Waals surface area (Å²) >= 11 is 1.99. The minimum absolute atomic E-state index is 0.0877. The smallest absolute Gasteiger partial charge is 0.251 e. The molecule has 2 N–H and O–H groups in total. The highest BCUT2D eigenvalue weighted by Crippen LogP contribution is 2.20. The molecule has 0 aliphatic rings. The molecule has 2 rings (SSSR count). The second kappa shape index (κ2) is 6.39. The van der Waals surface area contributed by atoms with E-state index in [9.17, 15) is 9.90 Å². The topological polar surface area (TPSA) is 73.1 Å². The molecule has 0 fully saturated rings. The summed E-state index contributed by atoms with van der Waals surface area (Å²) < 4.78 is 0.695. The summed E-state index contributed by atoms with van der Waals surface area (Å²) in [5.74, 6) is -0.177. The van der Waals surface area contributed by atoms with E-state index in [0.717, 1.165) is 5.56 Å². The van der Waals surface area contributed by atoms with Crippen molar-refractivity contribution in [2.75, 3.05) is 0 Å². The van der Waals surface area contributed by atoms with Crippen molar-refractivity contribution in [3.05, 3.63) is 62.7 Å². The Morgan fingerprint density at radius 3 is 2.80 bits per heavy atom. The Labute approximate surface area is 130 Å². The van der Waals surface area contributed by atoms with Crippen molar-refractivity contribution in [2.24, 2.45) is 0 Å². The average Bonchev–Trinajstić information content (AvgIpc) is 2.47. The Hall–Kier alpha value is -2.07. The van der Waals surface area contributed by atoms with Crippen molar-refractivity contribution in [1.82, 2.24) is 5.32 Å². The predicted octanol–water partition coefficient (Wildman–Crippen LogP) is 2.80. The van der Waals surface area contributed by atoms with E-state index in [1.165, 1.54) is 6.07 Å². The molecule has 4 nitrogen and oxygen atoms in total. The molecule has 100 valence electrons. The number of aromatic hydroxyl groups is 1. The molecule has 1 amide bonds. The summed E-state index contributed by atoms with van der Waals surface area (Å²) in [6, 6.07) is 13.9. The highest BCUT2D eigenvalue weighted by molar-refractivity contribution is 14.1. The van der Waals surface area contributed by atoms with Gasteiger partial charge < -0.3 is 10.4 Å². The first-order chi connectivity index (χ1) is 9.60. The largest absolute Gasteiger partial charge is 0.507 e. The van der Waals surface area contributed by atoms with Crippen LogP contribution in [0.2, 0.25) is 0 Å². The lowest BCUT2D eigenvalue weighted by Gasteiger charge is -2.06. The van der Waals surface area contributed by atoms with Gasteiger partial charge in [0.25, 0.3) is 5.91 Å². The van der Waals surface area contributed by atoms with Crippen LogP contribution in [-0.4, -0.2) is 11.0 Å². The molecule has 2 aromatic rings. The maximum absolute atomic E-state index is 11.9. The van der Waals surface area contributed by atoms with Crippen LogP contribution in [0.5, 0.6) is 5.75 Å². The van der Waals surface area contributed by atoms with Crippen LogP contribution in [-0.2, 0) is 6.54 Å². The third-order valence-electron chi connectivity index (χ3n) is 2.72. The zero-order chi connectivity index (χ0) is 14.5. The molecule has 0 unspecified atom stereocenters. The number of nitrogens with one attached hydrogen (secondary N) is 1. The summed E-state index contributed by atoms with van der Waals surface area (Å²) in [7, 11) is 0. The van der Waals surface area contributed by atoms with E-state index in [0.29, 0.717) is 21.2 Å². The van der Waals surface area contributed by atoms with Crippen LogP contribution in [0.25, 0.3) is 0 Å². The van der Waals surface area contributed by atoms with Gasteiger partial charge >= 0.3 is 0 Å². The number of rotatable bonds is 3. The van der Waals surface area contributed by atoms with Crippen molar-refractivity contribution in [1.29, 1.82) is 5.26 Å². The van der Waals surface area contributed by atoms with Crippen LogP contribution >= 0.6 is 22.6 Å². The molecule has 0 spiro atoms. The highest BCUT2D eigenvalue weighted by atomic mass is 127. The minimum atomic E-state index is -0.265. The van der Waals surface area contributed by atoms with Crippen LogP contribution in [0.4, 0.5) is 0 Å². The van der Waals surface area contributed by atoms with Gasteiger partial charge in [0, 0.05) is 12.1 Å². The second-order valence-corrected chi connectivity index (χ2v) is 5.32. The number of nitriles is 1. The maximum Gasteiger partial charge on any atom is 0.251 e. The Morgan fingerprint density at radius 2 is 2.10 bits per heavy atom. The molecule has 0 saturated carbocycles. The molecule has 0 heterocycles. The van der Waals surface area contributed by atoms with Crippen molar-refractivity contribution < 1.29 is 9.90 Å². The van der Waals surface area contributed by atoms with Gasteiger partial charge in [-0.15, -0.1) is 0 Å². The molecular formula is C15H11IN2O2. The van der Waals surface area contributed by atoms with Crippen LogP contribution in [0, 0.1) is 14.9 Å². The Bertz CT molecular complexity index is 693. The lowest BCUT2D eigenvalue weighted by Crippen LogP contribution is -2.22. The van der Waals surface area contributed by atoms with E-state index in [1.807, 2.05) is 28.7 Å². The number of benzene rings is 2. The van der Waals surface area contributed by atoms with E-state index in [4.69, 9.17) is 5.26 Å².